The number of carbonyl (C=O) groups is 1. The summed E-state index contributed by atoms with van der Waals surface area (Å²) in [7, 11) is 1.94. The second-order valence-electron chi connectivity index (χ2n) is 5.83. The quantitative estimate of drug-likeness (QED) is 0.837. The number of pyridine rings is 1. The lowest BCUT2D eigenvalue weighted by atomic mass is 9.92. The molecule has 106 valence electrons. The molecule has 1 heterocycles. The Labute approximate surface area is 115 Å². The Bertz CT molecular complexity index is 483. The van der Waals surface area contributed by atoms with Gasteiger partial charge in [0.05, 0.1) is 16.9 Å². The maximum Gasteiger partial charge on any atom is 0.252 e. The number of nitrogens with zero attached hydrogens (tertiary/aromatic N) is 2. The summed E-state index contributed by atoms with van der Waals surface area (Å²) >= 11 is 0. The molecule has 0 saturated carbocycles. The van der Waals surface area contributed by atoms with E-state index in [1.165, 1.54) is 0 Å². The van der Waals surface area contributed by atoms with Crippen molar-refractivity contribution < 1.29 is 4.79 Å². The van der Waals surface area contributed by atoms with Gasteiger partial charge in [-0.15, -0.1) is 0 Å². The molecular formula is C14H24N4O. The van der Waals surface area contributed by atoms with Crippen LogP contribution in [0.25, 0.3) is 0 Å². The van der Waals surface area contributed by atoms with Crippen LogP contribution >= 0.6 is 0 Å². The maximum absolute atomic E-state index is 11.6. The molecule has 0 spiro atoms. The number of nitrogens with two attached hydrogens (primary N) is 2. The highest BCUT2D eigenvalue weighted by atomic mass is 16.1. The second kappa shape index (κ2) is 5.57. The molecule has 1 aromatic heterocycles. The summed E-state index contributed by atoms with van der Waals surface area (Å²) in [6.07, 6.45) is 0. The van der Waals surface area contributed by atoms with E-state index in [1.807, 2.05) is 24.9 Å². The lowest BCUT2D eigenvalue weighted by molar-refractivity contribution is 0.0999. The summed E-state index contributed by atoms with van der Waals surface area (Å²) < 4.78 is 0. The molecule has 0 aliphatic rings. The molecule has 0 aliphatic carbocycles. The largest absolute Gasteiger partial charge is 0.373 e. The molecule has 0 aliphatic heterocycles. The van der Waals surface area contributed by atoms with E-state index in [-0.39, 0.29) is 5.41 Å². The first-order valence-electron chi connectivity index (χ1n) is 6.37. The van der Waals surface area contributed by atoms with Crippen molar-refractivity contribution in [1.82, 2.24) is 4.98 Å². The minimum absolute atomic E-state index is 0.0330. The van der Waals surface area contributed by atoms with Gasteiger partial charge >= 0.3 is 0 Å². The third-order valence-electron chi connectivity index (χ3n) is 3.18. The molecule has 0 radical (unpaired) electrons. The first kappa shape index (κ1) is 15.4. The van der Waals surface area contributed by atoms with Crippen LogP contribution in [-0.2, 0) is 0 Å². The van der Waals surface area contributed by atoms with Gasteiger partial charge in [-0.25, -0.2) is 0 Å². The molecule has 0 aromatic carbocycles. The smallest absolute Gasteiger partial charge is 0.252 e. The van der Waals surface area contributed by atoms with Gasteiger partial charge in [-0.05, 0) is 31.9 Å². The molecule has 0 bridgehead atoms. The third-order valence-corrected chi connectivity index (χ3v) is 3.18. The molecule has 1 amide bonds. The van der Waals surface area contributed by atoms with E-state index in [4.69, 9.17) is 11.5 Å². The summed E-state index contributed by atoms with van der Waals surface area (Å²) in [5.41, 5.74) is 14.0. The van der Waals surface area contributed by atoms with Gasteiger partial charge in [0, 0.05) is 19.3 Å². The second-order valence-corrected chi connectivity index (χ2v) is 5.83. The number of hydrogen-bond donors (Lipinski definition) is 2. The first-order chi connectivity index (χ1) is 8.68. The highest BCUT2D eigenvalue weighted by molar-refractivity contribution is 5.99. The molecule has 1 rings (SSSR count). The number of hydrogen-bond acceptors (Lipinski definition) is 4. The van der Waals surface area contributed by atoms with E-state index in [0.29, 0.717) is 17.8 Å². The van der Waals surface area contributed by atoms with Crippen molar-refractivity contribution >= 4 is 11.6 Å². The minimum atomic E-state index is -0.447. The van der Waals surface area contributed by atoms with Crippen LogP contribution < -0.4 is 16.4 Å². The number of carbonyl (C=O) groups excluding carboxylic acids is 1. The number of anilines is 1. The van der Waals surface area contributed by atoms with Gasteiger partial charge in [0.15, 0.2) is 0 Å². The Morgan fingerprint density at radius 2 is 2.00 bits per heavy atom. The Morgan fingerprint density at radius 3 is 2.47 bits per heavy atom. The topological polar surface area (TPSA) is 85.2 Å². The van der Waals surface area contributed by atoms with Crippen LogP contribution in [0.4, 0.5) is 5.69 Å². The van der Waals surface area contributed by atoms with Crippen LogP contribution in [0.3, 0.4) is 0 Å². The van der Waals surface area contributed by atoms with Gasteiger partial charge < -0.3 is 16.4 Å². The molecule has 5 nitrogen and oxygen atoms in total. The Hall–Kier alpha value is -1.62. The zero-order chi connectivity index (χ0) is 14.8. The van der Waals surface area contributed by atoms with Gasteiger partial charge in [0.2, 0.25) is 0 Å². The Balaban J connectivity index is 3.22. The van der Waals surface area contributed by atoms with Gasteiger partial charge in [0.25, 0.3) is 5.91 Å². The van der Waals surface area contributed by atoms with Crippen LogP contribution in [0.15, 0.2) is 6.07 Å². The number of amides is 1. The number of aryl methyl sites for hydroxylation is 2. The molecule has 19 heavy (non-hydrogen) atoms. The standard InChI is InChI=1S/C14H24N4O/c1-9-6-11(12(13(16)19)10(2)17-9)18(5)8-14(3,4)7-15/h6H,7-8,15H2,1-5H3,(H2,16,19). The van der Waals surface area contributed by atoms with Crippen LogP contribution in [0.2, 0.25) is 0 Å². The highest BCUT2D eigenvalue weighted by Gasteiger charge is 2.22. The highest BCUT2D eigenvalue weighted by Crippen LogP contribution is 2.25. The Morgan fingerprint density at radius 1 is 1.42 bits per heavy atom. The lowest BCUT2D eigenvalue weighted by Gasteiger charge is -2.31. The van der Waals surface area contributed by atoms with Gasteiger partial charge in [-0.2, -0.15) is 0 Å². The fourth-order valence-corrected chi connectivity index (χ4v) is 2.21. The van der Waals surface area contributed by atoms with Crippen molar-refractivity contribution in [2.24, 2.45) is 16.9 Å². The predicted octanol–water partition coefficient (Wildman–Crippen LogP) is 1.22. The van der Waals surface area contributed by atoms with E-state index < -0.39 is 5.91 Å². The molecule has 0 unspecified atom stereocenters. The molecule has 0 atom stereocenters. The summed E-state index contributed by atoms with van der Waals surface area (Å²) in [5, 5.41) is 0. The van der Waals surface area contributed by atoms with Gasteiger partial charge in [-0.3, -0.25) is 9.78 Å². The number of primary amides is 1. The SMILES string of the molecule is Cc1cc(N(C)CC(C)(C)CN)c(C(N)=O)c(C)n1. The summed E-state index contributed by atoms with van der Waals surface area (Å²) in [6, 6.07) is 1.89. The average Bonchev–Trinajstić information content (AvgIpc) is 2.26. The van der Waals surface area contributed by atoms with Crippen molar-refractivity contribution in [2.45, 2.75) is 27.7 Å². The zero-order valence-corrected chi connectivity index (χ0v) is 12.4. The zero-order valence-electron chi connectivity index (χ0n) is 12.4. The van der Waals surface area contributed by atoms with Crippen molar-refractivity contribution in [2.75, 3.05) is 25.0 Å². The van der Waals surface area contributed by atoms with Crippen LogP contribution in [0.1, 0.15) is 35.6 Å². The minimum Gasteiger partial charge on any atom is -0.373 e. The van der Waals surface area contributed by atoms with Crippen molar-refractivity contribution in [1.29, 1.82) is 0 Å². The normalized spacial score (nSPS) is 11.5. The van der Waals surface area contributed by atoms with Gasteiger partial charge in [-0.1, -0.05) is 13.8 Å². The Kier molecular flexibility index (Phi) is 4.52. The summed E-state index contributed by atoms with van der Waals surface area (Å²) in [4.78, 5) is 17.9. The molecule has 5 heteroatoms. The maximum atomic E-state index is 11.6. The third kappa shape index (κ3) is 3.67. The summed E-state index contributed by atoms with van der Waals surface area (Å²) in [5.74, 6) is -0.447. The fraction of sp³-hybridized carbons (Fsp3) is 0.571. The number of rotatable bonds is 5. The van der Waals surface area contributed by atoms with E-state index in [1.54, 1.807) is 6.92 Å². The average molecular weight is 264 g/mol. The van der Waals surface area contributed by atoms with Crippen LogP contribution in [-0.4, -0.2) is 31.0 Å². The number of aromatic nitrogens is 1. The molecular weight excluding hydrogens is 240 g/mol. The molecule has 0 saturated heterocycles. The van der Waals surface area contributed by atoms with Crippen molar-refractivity contribution in [3.05, 3.63) is 23.0 Å². The van der Waals surface area contributed by atoms with Crippen LogP contribution in [0.5, 0.6) is 0 Å². The fourth-order valence-electron chi connectivity index (χ4n) is 2.21. The predicted molar refractivity (Wildman–Crippen MR) is 78.3 cm³/mol. The summed E-state index contributed by atoms with van der Waals surface area (Å²) in [6.45, 7) is 9.21. The van der Waals surface area contributed by atoms with E-state index in [2.05, 4.69) is 18.8 Å². The first-order valence-corrected chi connectivity index (χ1v) is 6.37. The van der Waals surface area contributed by atoms with Crippen molar-refractivity contribution in [3.8, 4) is 0 Å². The van der Waals surface area contributed by atoms with E-state index >= 15 is 0 Å². The molecule has 1 aromatic rings. The van der Waals surface area contributed by atoms with Crippen molar-refractivity contribution in [3.63, 3.8) is 0 Å². The van der Waals surface area contributed by atoms with Gasteiger partial charge in [0.1, 0.15) is 0 Å². The molecule has 0 fully saturated rings. The molecule has 4 N–H and O–H groups in total. The van der Waals surface area contributed by atoms with E-state index in [9.17, 15) is 4.79 Å². The lowest BCUT2D eigenvalue weighted by Crippen LogP contribution is -2.37. The monoisotopic (exact) mass is 264 g/mol. The van der Waals surface area contributed by atoms with E-state index in [0.717, 1.165) is 17.9 Å². The van der Waals surface area contributed by atoms with Crippen LogP contribution in [0, 0.1) is 19.3 Å².